The second-order valence-electron chi connectivity index (χ2n) is 4.58. The van der Waals surface area contributed by atoms with Crippen molar-refractivity contribution in [1.82, 2.24) is 9.97 Å². The van der Waals surface area contributed by atoms with E-state index in [9.17, 15) is 0 Å². The van der Waals surface area contributed by atoms with Gasteiger partial charge in [-0.1, -0.05) is 12.2 Å². The van der Waals surface area contributed by atoms with Gasteiger partial charge >= 0.3 is 0 Å². The molecule has 2 rings (SSSR count). The van der Waals surface area contributed by atoms with Crippen LogP contribution in [-0.2, 0) is 0 Å². The van der Waals surface area contributed by atoms with Crippen molar-refractivity contribution in [2.45, 2.75) is 0 Å². The van der Waals surface area contributed by atoms with Crippen LogP contribution in [0.3, 0.4) is 0 Å². The van der Waals surface area contributed by atoms with Gasteiger partial charge in [-0.3, -0.25) is 0 Å². The Balaban J connectivity index is 2.28. The first kappa shape index (κ1) is 14.2. The first-order chi connectivity index (χ1) is 9.49. The number of hydrogen-bond acceptors (Lipinski definition) is 5. The molecule has 1 aromatic carbocycles. The molecule has 0 amide bonds. The van der Waals surface area contributed by atoms with E-state index in [-0.39, 0.29) is 0 Å². The van der Waals surface area contributed by atoms with Crippen LogP contribution in [0.1, 0.15) is 5.56 Å². The van der Waals surface area contributed by atoms with Gasteiger partial charge in [0, 0.05) is 38.6 Å². The molecule has 0 unspecified atom stereocenters. The maximum absolute atomic E-state index is 5.60. The number of rotatable bonds is 4. The standard InChI is InChI=1S/C14H17N5S/c1-18(2)14-16-9-8-12(17-14)19(3)11-6-4-10(5-7-11)13(15)20/h4-9H,1-3H3,(H2,15,20). The van der Waals surface area contributed by atoms with Crippen molar-refractivity contribution in [2.24, 2.45) is 5.73 Å². The fourth-order valence-electron chi connectivity index (χ4n) is 1.72. The summed E-state index contributed by atoms with van der Waals surface area (Å²) in [5, 5.41) is 0. The van der Waals surface area contributed by atoms with Crippen LogP contribution in [0.2, 0.25) is 0 Å². The minimum absolute atomic E-state index is 0.399. The zero-order valence-corrected chi connectivity index (χ0v) is 12.6. The van der Waals surface area contributed by atoms with Gasteiger partial charge < -0.3 is 15.5 Å². The Bertz CT molecular complexity index is 609. The largest absolute Gasteiger partial charge is 0.389 e. The number of benzene rings is 1. The first-order valence-corrected chi connectivity index (χ1v) is 6.54. The van der Waals surface area contributed by atoms with Crippen LogP contribution >= 0.6 is 12.2 Å². The quantitative estimate of drug-likeness (QED) is 0.867. The van der Waals surface area contributed by atoms with Crippen molar-refractivity contribution >= 4 is 34.7 Å². The first-order valence-electron chi connectivity index (χ1n) is 6.13. The molecule has 0 saturated carbocycles. The molecule has 0 aliphatic rings. The Hall–Kier alpha value is -2.21. The predicted molar refractivity (Wildman–Crippen MR) is 86.8 cm³/mol. The molecular weight excluding hydrogens is 270 g/mol. The third kappa shape index (κ3) is 3.03. The lowest BCUT2D eigenvalue weighted by atomic mass is 10.2. The number of anilines is 3. The van der Waals surface area contributed by atoms with Gasteiger partial charge in [-0.2, -0.15) is 4.98 Å². The highest BCUT2D eigenvalue weighted by atomic mass is 32.1. The van der Waals surface area contributed by atoms with Crippen LogP contribution in [-0.4, -0.2) is 36.1 Å². The molecule has 0 bridgehead atoms. The molecule has 104 valence electrons. The van der Waals surface area contributed by atoms with Gasteiger partial charge in [0.25, 0.3) is 0 Å². The highest BCUT2D eigenvalue weighted by molar-refractivity contribution is 7.80. The number of aromatic nitrogens is 2. The summed E-state index contributed by atoms with van der Waals surface area (Å²) in [5.41, 5.74) is 7.46. The zero-order chi connectivity index (χ0) is 14.7. The summed E-state index contributed by atoms with van der Waals surface area (Å²) in [6.45, 7) is 0. The molecule has 1 heterocycles. The maximum atomic E-state index is 5.60. The molecule has 0 atom stereocenters. The SMILES string of the molecule is CN(C)c1nccc(N(C)c2ccc(C(N)=S)cc2)n1. The molecular formula is C14H17N5S. The summed E-state index contributed by atoms with van der Waals surface area (Å²) in [5.74, 6) is 1.50. The smallest absolute Gasteiger partial charge is 0.226 e. The van der Waals surface area contributed by atoms with E-state index in [0.717, 1.165) is 17.1 Å². The molecule has 5 nitrogen and oxygen atoms in total. The monoisotopic (exact) mass is 287 g/mol. The number of hydrogen-bond donors (Lipinski definition) is 1. The summed E-state index contributed by atoms with van der Waals surface area (Å²) < 4.78 is 0. The fourth-order valence-corrected chi connectivity index (χ4v) is 1.86. The van der Waals surface area contributed by atoms with E-state index in [4.69, 9.17) is 18.0 Å². The maximum Gasteiger partial charge on any atom is 0.226 e. The second-order valence-corrected chi connectivity index (χ2v) is 5.02. The topological polar surface area (TPSA) is 58.3 Å². The van der Waals surface area contributed by atoms with E-state index in [1.54, 1.807) is 6.20 Å². The minimum atomic E-state index is 0.399. The molecule has 0 radical (unpaired) electrons. The van der Waals surface area contributed by atoms with Crippen molar-refractivity contribution in [1.29, 1.82) is 0 Å². The Morgan fingerprint density at radius 3 is 2.30 bits per heavy atom. The van der Waals surface area contributed by atoms with Crippen LogP contribution in [0.25, 0.3) is 0 Å². The average Bonchev–Trinajstić information content (AvgIpc) is 2.46. The fraction of sp³-hybridized carbons (Fsp3) is 0.214. The molecule has 2 N–H and O–H groups in total. The van der Waals surface area contributed by atoms with Gasteiger partial charge in [0.05, 0.1) is 0 Å². The van der Waals surface area contributed by atoms with Gasteiger partial charge in [0.1, 0.15) is 10.8 Å². The van der Waals surface area contributed by atoms with Crippen LogP contribution in [0.4, 0.5) is 17.5 Å². The lowest BCUT2D eigenvalue weighted by Gasteiger charge is -2.20. The van der Waals surface area contributed by atoms with Crippen molar-refractivity contribution in [3.63, 3.8) is 0 Å². The minimum Gasteiger partial charge on any atom is -0.389 e. The number of thiocarbonyl (C=S) groups is 1. The highest BCUT2D eigenvalue weighted by Gasteiger charge is 2.08. The Kier molecular flexibility index (Phi) is 4.14. The molecule has 0 aliphatic heterocycles. The lowest BCUT2D eigenvalue weighted by Crippen LogP contribution is -2.17. The molecule has 2 aromatic rings. The van der Waals surface area contributed by atoms with Crippen molar-refractivity contribution < 1.29 is 0 Å². The molecule has 20 heavy (non-hydrogen) atoms. The van der Waals surface area contributed by atoms with Gasteiger partial charge in [-0.05, 0) is 30.3 Å². The van der Waals surface area contributed by atoms with Crippen LogP contribution in [0.15, 0.2) is 36.5 Å². The summed E-state index contributed by atoms with van der Waals surface area (Å²) in [6, 6.07) is 9.61. The normalized spacial score (nSPS) is 10.2. The highest BCUT2D eigenvalue weighted by Crippen LogP contribution is 2.22. The van der Waals surface area contributed by atoms with Crippen molar-refractivity contribution in [2.75, 3.05) is 30.9 Å². The Morgan fingerprint density at radius 1 is 1.10 bits per heavy atom. The summed E-state index contributed by atoms with van der Waals surface area (Å²) in [4.78, 5) is 13.0. The van der Waals surface area contributed by atoms with Gasteiger partial charge in [0.2, 0.25) is 5.95 Å². The number of nitrogens with zero attached hydrogens (tertiary/aromatic N) is 4. The third-order valence-electron chi connectivity index (χ3n) is 2.91. The molecule has 6 heteroatoms. The van der Waals surface area contributed by atoms with Crippen molar-refractivity contribution in [3.05, 3.63) is 42.1 Å². The van der Waals surface area contributed by atoms with E-state index in [1.807, 2.05) is 61.3 Å². The van der Waals surface area contributed by atoms with E-state index in [0.29, 0.717) is 10.9 Å². The van der Waals surface area contributed by atoms with Gasteiger partial charge in [0.15, 0.2) is 0 Å². The van der Waals surface area contributed by atoms with E-state index >= 15 is 0 Å². The molecule has 0 saturated heterocycles. The van der Waals surface area contributed by atoms with Crippen LogP contribution in [0.5, 0.6) is 0 Å². The lowest BCUT2D eigenvalue weighted by molar-refractivity contribution is 0.981. The van der Waals surface area contributed by atoms with Gasteiger partial charge in [-0.25, -0.2) is 4.98 Å². The third-order valence-corrected chi connectivity index (χ3v) is 3.15. The average molecular weight is 287 g/mol. The summed E-state index contributed by atoms with van der Waals surface area (Å²) in [6.07, 6.45) is 1.75. The van der Waals surface area contributed by atoms with Crippen molar-refractivity contribution in [3.8, 4) is 0 Å². The number of nitrogens with two attached hydrogens (primary N) is 1. The van der Waals surface area contributed by atoms with E-state index in [2.05, 4.69) is 9.97 Å². The molecule has 0 aliphatic carbocycles. The molecule has 0 fully saturated rings. The summed E-state index contributed by atoms with van der Waals surface area (Å²) in [7, 11) is 5.78. The van der Waals surface area contributed by atoms with Crippen LogP contribution < -0.4 is 15.5 Å². The predicted octanol–water partition coefficient (Wildman–Crippen LogP) is 1.94. The van der Waals surface area contributed by atoms with E-state index < -0.39 is 0 Å². The zero-order valence-electron chi connectivity index (χ0n) is 11.7. The summed E-state index contributed by atoms with van der Waals surface area (Å²) >= 11 is 4.95. The molecule has 1 aromatic heterocycles. The second kappa shape index (κ2) is 5.83. The Morgan fingerprint density at radius 2 is 1.75 bits per heavy atom. The van der Waals surface area contributed by atoms with Gasteiger partial charge in [-0.15, -0.1) is 0 Å². The van der Waals surface area contributed by atoms with Crippen LogP contribution in [0, 0.1) is 0 Å². The Labute approximate surface area is 124 Å². The molecule has 0 spiro atoms. The van der Waals surface area contributed by atoms with E-state index in [1.165, 1.54) is 0 Å².